The molecule has 0 bridgehead atoms. The van der Waals surface area contributed by atoms with E-state index in [1.54, 1.807) is 12.1 Å². The van der Waals surface area contributed by atoms with Crippen LogP contribution in [0.4, 0.5) is 11.4 Å². The fourth-order valence-electron chi connectivity index (χ4n) is 2.79. The first-order valence-corrected chi connectivity index (χ1v) is 7.26. The van der Waals surface area contributed by atoms with Gasteiger partial charge in [0.15, 0.2) is 0 Å². The number of azo groups is 1. The molecule has 3 aromatic carbocycles. The van der Waals surface area contributed by atoms with Crippen LogP contribution in [0.2, 0.25) is 0 Å². The number of fused-ring (bicyclic) bond motifs is 1. The van der Waals surface area contributed by atoms with Crippen LogP contribution < -0.4 is 0 Å². The molecule has 3 nitrogen and oxygen atoms in total. The van der Waals surface area contributed by atoms with Gasteiger partial charge in [0.2, 0.25) is 0 Å². The number of phenols is 1. The molecule has 0 unspecified atom stereocenters. The van der Waals surface area contributed by atoms with Gasteiger partial charge in [0, 0.05) is 10.8 Å². The lowest BCUT2D eigenvalue weighted by atomic mass is 10.1. The maximum absolute atomic E-state index is 9.93. The van der Waals surface area contributed by atoms with Crippen molar-refractivity contribution < 1.29 is 5.11 Å². The predicted octanol–water partition coefficient (Wildman–Crippen LogP) is 5.89. The fourth-order valence-corrected chi connectivity index (χ4v) is 2.79. The van der Waals surface area contributed by atoms with E-state index >= 15 is 0 Å². The molecule has 0 aromatic heterocycles. The molecule has 0 fully saturated rings. The van der Waals surface area contributed by atoms with Gasteiger partial charge in [0.05, 0.1) is 11.4 Å². The smallest absolute Gasteiger partial charge is 0.123 e. The predicted molar refractivity (Wildman–Crippen MR) is 90.4 cm³/mol. The second-order valence-corrected chi connectivity index (χ2v) is 5.60. The van der Waals surface area contributed by atoms with Crippen molar-refractivity contribution in [3.05, 3.63) is 65.2 Å². The Kier molecular flexibility index (Phi) is 3.63. The number of benzene rings is 3. The minimum Gasteiger partial charge on any atom is -0.507 e. The molecule has 3 aromatic rings. The summed E-state index contributed by atoms with van der Waals surface area (Å²) in [6.07, 6.45) is 0. The Labute approximate surface area is 130 Å². The lowest BCUT2D eigenvalue weighted by Crippen LogP contribution is -1.83. The highest BCUT2D eigenvalue weighted by Crippen LogP contribution is 2.34. The normalized spacial score (nSPS) is 11.4. The van der Waals surface area contributed by atoms with Gasteiger partial charge in [-0.1, -0.05) is 42.0 Å². The van der Waals surface area contributed by atoms with Crippen molar-refractivity contribution in [1.29, 1.82) is 0 Å². The monoisotopic (exact) mass is 290 g/mol. The maximum atomic E-state index is 9.93. The highest BCUT2D eigenvalue weighted by molar-refractivity contribution is 5.96. The van der Waals surface area contributed by atoms with Gasteiger partial charge in [0.25, 0.3) is 0 Å². The number of hydrogen-bond donors (Lipinski definition) is 1. The lowest BCUT2D eigenvalue weighted by Gasteiger charge is -2.06. The summed E-state index contributed by atoms with van der Waals surface area (Å²) in [6.45, 7) is 6.17. The Morgan fingerprint density at radius 3 is 2.09 bits per heavy atom. The molecule has 0 atom stereocenters. The molecule has 0 aliphatic rings. The zero-order valence-corrected chi connectivity index (χ0v) is 13.0. The van der Waals surface area contributed by atoms with E-state index in [0.717, 1.165) is 33.3 Å². The molecule has 0 radical (unpaired) electrons. The average molecular weight is 290 g/mol. The van der Waals surface area contributed by atoms with Crippen LogP contribution in [0.1, 0.15) is 16.7 Å². The van der Waals surface area contributed by atoms with Gasteiger partial charge >= 0.3 is 0 Å². The minimum atomic E-state index is 0.261. The van der Waals surface area contributed by atoms with Crippen molar-refractivity contribution >= 4 is 22.1 Å². The molecule has 22 heavy (non-hydrogen) atoms. The van der Waals surface area contributed by atoms with Gasteiger partial charge in [-0.2, -0.15) is 0 Å². The quantitative estimate of drug-likeness (QED) is 0.588. The van der Waals surface area contributed by atoms with Gasteiger partial charge in [-0.25, -0.2) is 0 Å². The largest absolute Gasteiger partial charge is 0.507 e. The first kappa shape index (κ1) is 14.3. The maximum Gasteiger partial charge on any atom is 0.123 e. The van der Waals surface area contributed by atoms with Crippen molar-refractivity contribution in [3.63, 3.8) is 0 Å². The summed E-state index contributed by atoms with van der Waals surface area (Å²) < 4.78 is 0. The van der Waals surface area contributed by atoms with Crippen LogP contribution in [0.25, 0.3) is 10.8 Å². The average Bonchev–Trinajstić information content (AvgIpc) is 2.48. The van der Waals surface area contributed by atoms with Gasteiger partial charge in [-0.3, -0.25) is 0 Å². The third kappa shape index (κ3) is 2.58. The molecule has 3 heteroatoms. The molecule has 0 saturated carbocycles. The third-order valence-electron chi connectivity index (χ3n) is 3.77. The number of aromatic hydroxyl groups is 1. The molecule has 1 N–H and O–H groups in total. The summed E-state index contributed by atoms with van der Waals surface area (Å²) in [4.78, 5) is 0. The minimum absolute atomic E-state index is 0.261. The van der Waals surface area contributed by atoms with Crippen molar-refractivity contribution in [2.45, 2.75) is 20.8 Å². The SMILES string of the molecule is Cc1cc(C)c(N=Nc2ccc(O)c3ccccc23)c(C)c1. The molecule has 3 rings (SSSR count). The Morgan fingerprint density at radius 2 is 1.41 bits per heavy atom. The van der Waals surface area contributed by atoms with Crippen molar-refractivity contribution in [2.24, 2.45) is 10.2 Å². The van der Waals surface area contributed by atoms with Crippen molar-refractivity contribution in [2.75, 3.05) is 0 Å². The lowest BCUT2D eigenvalue weighted by molar-refractivity contribution is 0.481. The Morgan fingerprint density at radius 1 is 0.773 bits per heavy atom. The summed E-state index contributed by atoms with van der Waals surface area (Å²) in [5, 5.41) is 20.5. The molecule has 0 saturated heterocycles. The Bertz CT molecular complexity index is 859. The number of nitrogens with zero attached hydrogens (tertiary/aromatic N) is 2. The van der Waals surface area contributed by atoms with E-state index in [2.05, 4.69) is 29.3 Å². The van der Waals surface area contributed by atoms with Crippen molar-refractivity contribution in [1.82, 2.24) is 0 Å². The van der Waals surface area contributed by atoms with Crippen LogP contribution in [0, 0.1) is 20.8 Å². The molecule has 0 amide bonds. The van der Waals surface area contributed by atoms with Gasteiger partial charge in [-0.15, -0.1) is 10.2 Å². The number of aryl methyl sites for hydroxylation is 3. The molecule has 0 aliphatic carbocycles. The topological polar surface area (TPSA) is 45.0 Å². The van der Waals surface area contributed by atoms with Gasteiger partial charge < -0.3 is 5.11 Å². The van der Waals surface area contributed by atoms with Crippen molar-refractivity contribution in [3.8, 4) is 5.75 Å². The Hall–Kier alpha value is -2.68. The van der Waals surface area contributed by atoms with Gasteiger partial charge in [-0.05, 0) is 44.0 Å². The molecule has 0 aliphatic heterocycles. The third-order valence-corrected chi connectivity index (χ3v) is 3.77. The van der Waals surface area contributed by atoms with E-state index in [4.69, 9.17) is 0 Å². The Balaban J connectivity index is 2.09. The van der Waals surface area contributed by atoms with E-state index in [9.17, 15) is 5.11 Å². The van der Waals surface area contributed by atoms with Crippen LogP contribution >= 0.6 is 0 Å². The summed E-state index contributed by atoms with van der Waals surface area (Å²) in [7, 11) is 0. The molecule has 0 heterocycles. The zero-order chi connectivity index (χ0) is 15.7. The standard InChI is InChI=1S/C19H18N2O/c1-12-10-13(2)19(14(3)11-12)21-20-17-8-9-18(22)16-7-5-4-6-15(16)17/h4-11,22H,1-3H3. The first-order valence-electron chi connectivity index (χ1n) is 7.26. The zero-order valence-electron chi connectivity index (χ0n) is 13.0. The van der Waals surface area contributed by atoms with Crippen LogP contribution in [0.5, 0.6) is 5.75 Å². The van der Waals surface area contributed by atoms with E-state index in [1.165, 1.54) is 5.56 Å². The number of phenolic OH excluding ortho intramolecular Hbond substituents is 1. The van der Waals surface area contributed by atoms with E-state index in [0.29, 0.717) is 0 Å². The van der Waals surface area contributed by atoms with Crippen LogP contribution in [-0.4, -0.2) is 5.11 Å². The highest BCUT2D eigenvalue weighted by Gasteiger charge is 2.06. The van der Waals surface area contributed by atoms with E-state index in [1.807, 2.05) is 38.1 Å². The van der Waals surface area contributed by atoms with Gasteiger partial charge in [0.1, 0.15) is 5.75 Å². The molecular weight excluding hydrogens is 272 g/mol. The van der Waals surface area contributed by atoms with E-state index in [-0.39, 0.29) is 5.75 Å². The number of rotatable bonds is 2. The van der Waals surface area contributed by atoms with Crippen LogP contribution in [0.15, 0.2) is 58.8 Å². The molecular formula is C19H18N2O. The van der Waals surface area contributed by atoms with E-state index < -0.39 is 0 Å². The first-order chi connectivity index (χ1) is 10.6. The second kappa shape index (κ2) is 5.60. The highest BCUT2D eigenvalue weighted by atomic mass is 16.3. The summed E-state index contributed by atoms with van der Waals surface area (Å²) in [6, 6.07) is 15.3. The van der Waals surface area contributed by atoms with Crippen LogP contribution in [0.3, 0.4) is 0 Å². The molecule has 0 spiro atoms. The second-order valence-electron chi connectivity index (χ2n) is 5.60. The summed E-state index contributed by atoms with van der Waals surface area (Å²) in [5.41, 5.74) is 5.12. The fraction of sp³-hybridized carbons (Fsp3) is 0.158. The molecule has 110 valence electrons. The summed E-state index contributed by atoms with van der Waals surface area (Å²) >= 11 is 0. The summed E-state index contributed by atoms with van der Waals surface area (Å²) in [5.74, 6) is 0.261. The van der Waals surface area contributed by atoms with Crippen LogP contribution in [-0.2, 0) is 0 Å². The number of hydrogen-bond acceptors (Lipinski definition) is 3.